The topological polar surface area (TPSA) is 34.1 Å². The van der Waals surface area contributed by atoms with Crippen LogP contribution >= 0.6 is 11.8 Å². The SMILES string of the molecule is Cc1ccc(SCCS(C)(=O)=O)cc1. The van der Waals surface area contributed by atoms with E-state index >= 15 is 0 Å². The molecule has 0 N–H and O–H groups in total. The van der Waals surface area contributed by atoms with E-state index in [-0.39, 0.29) is 5.75 Å². The Morgan fingerprint density at radius 3 is 2.29 bits per heavy atom. The van der Waals surface area contributed by atoms with Gasteiger partial charge in [-0.25, -0.2) is 8.42 Å². The van der Waals surface area contributed by atoms with Gasteiger partial charge in [-0.3, -0.25) is 0 Å². The molecule has 0 amide bonds. The van der Waals surface area contributed by atoms with Gasteiger partial charge in [0, 0.05) is 16.9 Å². The molecule has 0 saturated heterocycles. The quantitative estimate of drug-likeness (QED) is 0.743. The molecule has 1 aromatic carbocycles. The molecule has 0 atom stereocenters. The van der Waals surface area contributed by atoms with Gasteiger partial charge in [0.25, 0.3) is 0 Å². The molecule has 0 saturated carbocycles. The van der Waals surface area contributed by atoms with Crippen molar-refractivity contribution in [3.63, 3.8) is 0 Å². The van der Waals surface area contributed by atoms with Crippen molar-refractivity contribution in [3.05, 3.63) is 29.8 Å². The third-order valence-electron chi connectivity index (χ3n) is 1.74. The predicted octanol–water partition coefficient (Wildman–Crippen LogP) is 2.13. The van der Waals surface area contributed by atoms with E-state index in [1.807, 2.05) is 31.2 Å². The lowest BCUT2D eigenvalue weighted by Gasteiger charge is -2.00. The normalized spacial score (nSPS) is 11.6. The minimum atomic E-state index is -2.82. The number of hydrogen-bond donors (Lipinski definition) is 0. The summed E-state index contributed by atoms with van der Waals surface area (Å²) in [4.78, 5) is 1.12. The summed E-state index contributed by atoms with van der Waals surface area (Å²) in [5, 5.41) is 0. The second kappa shape index (κ2) is 4.84. The Morgan fingerprint density at radius 1 is 1.21 bits per heavy atom. The van der Waals surface area contributed by atoms with E-state index in [2.05, 4.69) is 0 Å². The molecular weight excluding hydrogens is 216 g/mol. The highest BCUT2D eigenvalue weighted by molar-refractivity contribution is 8.00. The van der Waals surface area contributed by atoms with E-state index in [4.69, 9.17) is 0 Å². The summed E-state index contributed by atoms with van der Waals surface area (Å²) in [7, 11) is -2.82. The zero-order valence-electron chi connectivity index (χ0n) is 8.36. The number of sulfone groups is 1. The molecule has 2 nitrogen and oxygen atoms in total. The lowest BCUT2D eigenvalue weighted by molar-refractivity contribution is 0.603. The number of hydrogen-bond acceptors (Lipinski definition) is 3. The highest BCUT2D eigenvalue weighted by Gasteiger charge is 2.01. The second-order valence-electron chi connectivity index (χ2n) is 3.29. The number of thioether (sulfide) groups is 1. The average Bonchev–Trinajstić information content (AvgIpc) is 2.06. The van der Waals surface area contributed by atoms with Crippen molar-refractivity contribution in [1.29, 1.82) is 0 Å². The molecule has 0 bridgehead atoms. The van der Waals surface area contributed by atoms with Crippen LogP contribution in [-0.4, -0.2) is 26.2 Å². The van der Waals surface area contributed by atoms with E-state index < -0.39 is 9.84 Å². The molecule has 1 aromatic rings. The predicted molar refractivity (Wildman–Crippen MR) is 61.6 cm³/mol. The van der Waals surface area contributed by atoms with Crippen molar-refractivity contribution in [3.8, 4) is 0 Å². The molecule has 0 aliphatic carbocycles. The van der Waals surface area contributed by atoms with E-state index in [9.17, 15) is 8.42 Å². The fourth-order valence-corrected chi connectivity index (χ4v) is 3.05. The largest absolute Gasteiger partial charge is 0.229 e. The lowest BCUT2D eigenvalue weighted by atomic mass is 10.2. The minimum absolute atomic E-state index is 0.242. The van der Waals surface area contributed by atoms with Gasteiger partial charge in [-0.1, -0.05) is 17.7 Å². The fourth-order valence-electron chi connectivity index (χ4n) is 0.945. The molecule has 0 aromatic heterocycles. The van der Waals surface area contributed by atoms with Crippen LogP contribution in [0.15, 0.2) is 29.2 Å². The lowest BCUT2D eigenvalue weighted by Crippen LogP contribution is -2.04. The van der Waals surface area contributed by atoms with Crippen molar-refractivity contribution in [2.45, 2.75) is 11.8 Å². The molecule has 0 unspecified atom stereocenters. The maximum Gasteiger partial charge on any atom is 0.148 e. The third-order valence-corrected chi connectivity index (χ3v) is 3.96. The van der Waals surface area contributed by atoms with Crippen LogP contribution in [-0.2, 0) is 9.84 Å². The van der Waals surface area contributed by atoms with Gasteiger partial charge in [0.1, 0.15) is 9.84 Å². The molecule has 1 rings (SSSR count). The Bertz CT molecular complexity index is 379. The van der Waals surface area contributed by atoms with Gasteiger partial charge in [0.05, 0.1) is 5.75 Å². The first-order chi connectivity index (χ1) is 6.47. The Hall–Kier alpha value is -0.480. The van der Waals surface area contributed by atoms with Crippen molar-refractivity contribution in [2.24, 2.45) is 0 Å². The summed E-state index contributed by atoms with van der Waals surface area (Å²) in [6, 6.07) is 8.09. The summed E-state index contributed by atoms with van der Waals surface area (Å²) >= 11 is 1.58. The zero-order chi connectivity index (χ0) is 10.6. The summed E-state index contributed by atoms with van der Waals surface area (Å²) in [6.45, 7) is 2.03. The van der Waals surface area contributed by atoms with Crippen LogP contribution in [0.3, 0.4) is 0 Å². The van der Waals surface area contributed by atoms with Crippen LogP contribution in [0.5, 0.6) is 0 Å². The molecule has 0 aliphatic rings. The molecule has 14 heavy (non-hydrogen) atoms. The zero-order valence-corrected chi connectivity index (χ0v) is 9.99. The van der Waals surface area contributed by atoms with Crippen molar-refractivity contribution in [1.82, 2.24) is 0 Å². The number of benzene rings is 1. The average molecular weight is 230 g/mol. The Labute approximate surface area is 89.6 Å². The number of rotatable bonds is 4. The van der Waals surface area contributed by atoms with Crippen molar-refractivity contribution in [2.75, 3.05) is 17.8 Å². The van der Waals surface area contributed by atoms with Crippen LogP contribution in [0.1, 0.15) is 5.56 Å². The Kier molecular flexibility index (Phi) is 4.01. The summed E-state index contributed by atoms with van der Waals surface area (Å²) in [6.07, 6.45) is 1.27. The van der Waals surface area contributed by atoms with Crippen LogP contribution < -0.4 is 0 Å². The van der Waals surface area contributed by atoms with Gasteiger partial charge in [-0.15, -0.1) is 11.8 Å². The second-order valence-corrected chi connectivity index (χ2v) is 6.72. The molecular formula is C10H14O2S2. The molecule has 4 heteroatoms. The molecule has 0 radical (unpaired) electrons. The van der Waals surface area contributed by atoms with Crippen LogP contribution in [0.4, 0.5) is 0 Å². The van der Waals surface area contributed by atoms with Gasteiger partial charge in [-0.05, 0) is 19.1 Å². The van der Waals surface area contributed by atoms with Crippen LogP contribution in [0.25, 0.3) is 0 Å². The highest BCUT2D eigenvalue weighted by atomic mass is 32.2. The Balaban J connectivity index is 2.43. The van der Waals surface area contributed by atoms with Gasteiger partial charge < -0.3 is 0 Å². The van der Waals surface area contributed by atoms with E-state index in [0.717, 1.165) is 4.90 Å². The van der Waals surface area contributed by atoms with E-state index in [1.165, 1.54) is 11.8 Å². The first kappa shape index (κ1) is 11.6. The van der Waals surface area contributed by atoms with Crippen molar-refractivity contribution < 1.29 is 8.42 Å². The molecule has 0 aliphatic heterocycles. The summed E-state index contributed by atoms with van der Waals surface area (Å²) < 4.78 is 21.7. The van der Waals surface area contributed by atoms with Gasteiger partial charge in [0.2, 0.25) is 0 Å². The third kappa shape index (κ3) is 4.67. The van der Waals surface area contributed by atoms with E-state index in [0.29, 0.717) is 5.75 Å². The highest BCUT2D eigenvalue weighted by Crippen LogP contribution is 2.18. The first-order valence-corrected chi connectivity index (χ1v) is 7.39. The summed E-state index contributed by atoms with van der Waals surface area (Å²) in [5.74, 6) is 0.868. The van der Waals surface area contributed by atoms with Crippen molar-refractivity contribution >= 4 is 21.6 Å². The van der Waals surface area contributed by atoms with Gasteiger partial charge >= 0.3 is 0 Å². The minimum Gasteiger partial charge on any atom is -0.229 e. The summed E-state index contributed by atoms with van der Waals surface area (Å²) in [5.41, 5.74) is 1.22. The smallest absolute Gasteiger partial charge is 0.148 e. The van der Waals surface area contributed by atoms with E-state index in [1.54, 1.807) is 11.8 Å². The Morgan fingerprint density at radius 2 is 1.79 bits per heavy atom. The van der Waals surface area contributed by atoms with Crippen LogP contribution in [0, 0.1) is 6.92 Å². The van der Waals surface area contributed by atoms with Gasteiger partial charge in [0.15, 0.2) is 0 Å². The molecule has 0 fully saturated rings. The maximum absolute atomic E-state index is 10.9. The molecule has 78 valence electrons. The molecule has 0 spiro atoms. The van der Waals surface area contributed by atoms with Crippen LogP contribution in [0.2, 0.25) is 0 Å². The first-order valence-electron chi connectivity index (χ1n) is 4.34. The molecule has 0 heterocycles. The number of aryl methyl sites for hydroxylation is 1. The van der Waals surface area contributed by atoms with Gasteiger partial charge in [-0.2, -0.15) is 0 Å². The standard InChI is InChI=1S/C10H14O2S2/c1-9-3-5-10(6-4-9)13-7-8-14(2,11)12/h3-6H,7-8H2,1-2H3. The fraction of sp³-hybridized carbons (Fsp3) is 0.400. The monoisotopic (exact) mass is 230 g/mol. The maximum atomic E-state index is 10.9.